The lowest BCUT2D eigenvalue weighted by Crippen LogP contribution is -2.38. The van der Waals surface area contributed by atoms with Gasteiger partial charge in [-0.05, 0) is 36.8 Å². The van der Waals surface area contributed by atoms with E-state index in [9.17, 15) is 18.0 Å². The van der Waals surface area contributed by atoms with Gasteiger partial charge in [-0.15, -0.1) is 0 Å². The van der Waals surface area contributed by atoms with Crippen molar-refractivity contribution < 1.29 is 18.0 Å². The van der Waals surface area contributed by atoms with Gasteiger partial charge in [-0.25, -0.2) is 8.42 Å². The van der Waals surface area contributed by atoms with Crippen LogP contribution in [0.2, 0.25) is 0 Å². The zero-order valence-electron chi connectivity index (χ0n) is 15.0. The van der Waals surface area contributed by atoms with Gasteiger partial charge < -0.3 is 10.2 Å². The van der Waals surface area contributed by atoms with Gasteiger partial charge in [0.2, 0.25) is 0 Å². The van der Waals surface area contributed by atoms with Gasteiger partial charge in [-0.3, -0.25) is 14.6 Å². The first-order valence-electron chi connectivity index (χ1n) is 8.61. The minimum absolute atomic E-state index is 0.0144. The van der Waals surface area contributed by atoms with Crippen LogP contribution in [0, 0.1) is 0 Å². The van der Waals surface area contributed by atoms with E-state index in [0.717, 1.165) is 5.69 Å². The molecule has 1 aliphatic rings. The van der Waals surface area contributed by atoms with Crippen LogP contribution in [0.4, 0.5) is 0 Å². The van der Waals surface area contributed by atoms with Crippen molar-refractivity contribution in [1.82, 2.24) is 15.2 Å². The van der Waals surface area contributed by atoms with Gasteiger partial charge in [0.15, 0.2) is 9.84 Å². The average Bonchev–Trinajstić information content (AvgIpc) is 3.05. The van der Waals surface area contributed by atoms with Gasteiger partial charge in [-0.2, -0.15) is 0 Å². The lowest BCUT2D eigenvalue weighted by Gasteiger charge is -2.23. The number of benzene rings is 1. The Hall–Kier alpha value is -2.74. The lowest BCUT2D eigenvalue weighted by molar-refractivity contribution is 0.0747. The fourth-order valence-electron chi connectivity index (χ4n) is 3.02. The molecule has 142 valence electrons. The molecular weight excluding hydrogens is 366 g/mol. The van der Waals surface area contributed by atoms with Crippen LogP contribution >= 0.6 is 0 Å². The molecule has 0 bridgehead atoms. The van der Waals surface area contributed by atoms with E-state index in [-0.39, 0.29) is 35.9 Å². The first-order valence-corrected chi connectivity index (χ1v) is 10.4. The number of sulfone groups is 1. The number of aromatic nitrogens is 1. The summed E-state index contributed by atoms with van der Waals surface area (Å²) in [5.74, 6) is -0.511. The Labute approximate surface area is 158 Å². The molecule has 1 atom stereocenters. The number of amides is 2. The van der Waals surface area contributed by atoms with Crippen molar-refractivity contribution in [3.05, 3.63) is 65.5 Å². The van der Waals surface area contributed by atoms with Crippen molar-refractivity contribution in [3.63, 3.8) is 0 Å². The van der Waals surface area contributed by atoms with Crippen LogP contribution in [0.3, 0.4) is 0 Å². The standard InChI is InChI=1S/C19H21N3O4S/c1-22(17-8-10-27(25,26)13-17)19(24)15-6-4-5-14(11-15)18(23)21-12-16-7-2-3-9-20-16/h2-7,9,11,17H,8,10,12-13H2,1H3,(H,21,23). The maximum atomic E-state index is 12.7. The summed E-state index contributed by atoms with van der Waals surface area (Å²) in [6.45, 7) is 0.289. The highest BCUT2D eigenvalue weighted by molar-refractivity contribution is 7.91. The molecule has 3 rings (SSSR count). The molecule has 0 spiro atoms. The van der Waals surface area contributed by atoms with E-state index in [4.69, 9.17) is 0 Å². The fraction of sp³-hybridized carbons (Fsp3) is 0.316. The summed E-state index contributed by atoms with van der Waals surface area (Å²) < 4.78 is 23.3. The molecule has 0 aliphatic carbocycles. The van der Waals surface area contributed by atoms with E-state index in [1.807, 2.05) is 12.1 Å². The second-order valence-corrected chi connectivity index (χ2v) is 8.79. The smallest absolute Gasteiger partial charge is 0.253 e. The summed E-state index contributed by atoms with van der Waals surface area (Å²) in [4.78, 5) is 30.6. The third-order valence-corrected chi connectivity index (χ3v) is 6.35. The molecule has 1 aromatic carbocycles. The van der Waals surface area contributed by atoms with Crippen molar-refractivity contribution in [2.45, 2.75) is 19.0 Å². The number of hydrogen-bond acceptors (Lipinski definition) is 5. The number of nitrogens with one attached hydrogen (secondary N) is 1. The summed E-state index contributed by atoms with van der Waals surface area (Å²) in [6, 6.07) is 11.5. The number of hydrogen-bond donors (Lipinski definition) is 1. The number of carbonyl (C=O) groups is 2. The van der Waals surface area contributed by atoms with E-state index in [1.165, 1.54) is 11.0 Å². The van der Waals surface area contributed by atoms with Gasteiger partial charge in [-0.1, -0.05) is 12.1 Å². The summed E-state index contributed by atoms with van der Waals surface area (Å²) in [6.07, 6.45) is 2.09. The van der Waals surface area contributed by atoms with Gasteiger partial charge in [0.25, 0.3) is 11.8 Å². The van der Waals surface area contributed by atoms with Crippen LogP contribution in [0.5, 0.6) is 0 Å². The van der Waals surface area contributed by atoms with Crippen LogP contribution in [0.1, 0.15) is 32.8 Å². The monoisotopic (exact) mass is 387 g/mol. The zero-order chi connectivity index (χ0) is 19.4. The second-order valence-electron chi connectivity index (χ2n) is 6.56. The van der Waals surface area contributed by atoms with E-state index in [0.29, 0.717) is 17.5 Å². The SMILES string of the molecule is CN(C(=O)c1cccc(C(=O)NCc2ccccn2)c1)C1CCS(=O)(=O)C1. The maximum Gasteiger partial charge on any atom is 0.253 e. The van der Waals surface area contributed by atoms with Crippen molar-refractivity contribution in [3.8, 4) is 0 Å². The number of carbonyl (C=O) groups excluding carboxylic acids is 2. The van der Waals surface area contributed by atoms with Crippen molar-refractivity contribution in [2.24, 2.45) is 0 Å². The van der Waals surface area contributed by atoms with Crippen LogP contribution < -0.4 is 5.32 Å². The molecule has 0 radical (unpaired) electrons. The normalized spacial score (nSPS) is 18.0. The van der Waals surface area contributed by atoms with Crippen molar-refractivity contribution in [1.29, 1.82) is 0 Å². The Kier molecular flexibility index (Phi) is 5.55. The Balaban J connectivity index is 1.67. The van der Waals surface area contributed by atoms with Crippen molar-refractivity contribution in [2.75, 3.05) is 18.6 Å². The highest BCUT2D eigenvalue weighted by Crippen LogP contribution is 2.19. The predicted octanol–water partition coefficient (Wildman–Crippen LogP) is 1.27. The highest BCUT2D eigenvalue weighted by Gasteiger charge is 2.33. The number of nitrogens with zero attached hydrogens (tertiary/aromatic N) is 2. The topological polar surface area (TPSA) is 96.4 Å². The molecule has 1 fully saturated rings. The predicted molar refractivity (Wildman–Crippen MR) is 101 cm³/mol. The van der Waals surface area contributed by atoms with E-state index in [2.05, 4.69) is 10.3 Å². The van der Waals surface area contributed by atoms with Crippen LogP contribution in [-0.4, -0.2) is 54.7 Å². The minimum Gasteiger partial charge on any atom is -0.346 e. The maximum absolute atomic E-state index is 12.7. The van der Waals surface area contributed by atoms with E-state index in [1.54, 1.807) is 37.5 Å². The van der Waals surface area contributed by atoms with Crippen LogP contribution in [0.25, 0.3) is 0 Å². The Morgan fingerprint density at radius 2 is 1.96 bits per heavy atom. The van der Waals surface area contributed by atoms with Crippen LogP contribution in [0.15, 0.2) is 48.7 Å². The van der Waals surface area contributed by atoms with E-state index >= 15 is 0 Å². The Bertz CT molecular complexity index is 944. The summed E-state index contributed by atoms with van der Waals surface area (Å²) in [5, 5.41) is 2.77. The molecule has 1 aromatic heterocycles. The Morgan fingerprint density at radius 1 is 1.19 bits per heavy atom. The average molecular weight is 387 g/mol. The quantitative estimate of drug-likeness (QED) is 0.833. The molecule has 27 heavy (non-hydrogen) atoms. The molecule has 2 amide bonds. The third-order valence-electron chi connectivity index (χ3n) is 4.60. The third kappa shape index (κ3) is 4.71. The van der Waals surface area contributed by atoms with Gasteiger partial charge >= 0.3 is 0 Å². The van der Waals surface area contributed by atoms with Crippen LogP contribution in [-0.2, 0) is 16.4 Å². The number of pyridine rings is 1. The summed E-state index contributed by atoms with van der Waals surface area (Å²) >= 11 is 0. The molecule has 7 nitrogen and oxygen atoms in total. The Morgan fingerprint density at radius 3 is 2.63 bits per heavy atom. The lowest BCUT2D eigenvalue weighted by atomic mass is 10.1. The summed E-state index contributed by atoms with van der Waals surface area (Å²) in [5.41, 5.74) is 1.46. The first-order chi connectivity index (χ1) is 12.9. The molecule has 2 heterocycles. The second kappa shape index (κ2) is 7.87. The highest BCUT2D eigenvalue weighted by atomic mass is 32.2. The molecule has 1 unspecified atom stereocenters. The van der Waals surface area contributed by atoms with E-state index < -0.39 is 9.84 Å². The van der Waals surface area contributed by atoms with Gasteiger partial charge in [0.1, 0.15) is 0 Å². The molecule has 0 saturated carbocycles. The molecule has 8 heteroatoms. The fourth-order valence-corrected chi connectivity index (χ4v) is 4.79. The number of rotatable bonds is 5. The molecule has 1 N–H and O–H groups in total. The molecule has 1 saturated heterocycles. The van der Waals surface area contributed by atoms with Gasteiger partial charge in [0, 0.05) is 30.4 Å². The minimum atomic E-state index is -3.08. The zero-order valence-corrected chi connectivity index (χ0v) is 15.8. The first kappa shape index (κ1) is 19.0. The molecule has 2 aromatic rings. The molecular formula is C19H21N3O4S. The molecule has 1 aliphatic heterocycles. The van der Waals surface area contributed by atoms with Crippen molar-refractivity contribution >= 4 is 21.7 Å². The van der Waals surface area contributed by atoms with Gasteiger partial charge in [0.05, 0.1) is 23.7 Å². The largest absolute Gasteiger partial charge is 0.346 e. The summed E-state index contributed by atoms with van der Waals surface area (Å²) in [7, 11) is -1.48.